The van der Waals surface area contributed by atoms with Crippen LogP contribution in [0.15, 0.2) is 48.5 Å². The third-order valence-electron chi connectivity index (χ3n) is 3.38. The highest BCUT2D eigenvalue weighted by Crippen LogP contribution is 2.19. The zero-order valence-corrected chi connectivity index (χ0v) is 13.5. The summed E-state index contributed by atoms with van der Waals surface area (Å²) >= 11 is 0. The molecule has 0 radical (unpaired) electrons. The molecule has 2 N–H and O–H groups in total. The molecule has 1 amide bonds. The number of hydrogen-bond donors (Lipinski definition) is 2. The van der Waals surface area contributed by atoms with Crippen molar-refractivity contribution in [3.8, 4) is 11.5 Å². The first-order valence-electron chi connectivity index (χ1n) is 7.28. The Hall–Kier alpha value is -2.53. The quantitative estimate of drug-likeness (QED) is 0.860. The van der Waals surface area contributed by atoms with E-state index in [1.54, 1.807) is 43.5 Å². The molecule has 0 saturated heterocycles. The molecule has 122 valence electrons. The van der Waals surface area contributed by atoms with E-state index in [9.17, 15) is 9.90 Å². The van der Waals surface area contributed by atoms with E-state index in [1.807, 2.05) is 19.1 Å². The minimum absolute atomic E-state index is 0.156. The van der Waals surface area contributed by atoms with Gasteiger partial charge in [-0.15, -0.1) is 0 Å². The van der Waals surface area contributed by atoms with Gasteiger partial charge in [-0.3, -0.25) is 4.79 Å². The van der Waals surface area contributed by atoms with Crippen LogP contribution in [0.25, 0.3) is 0 Å². The molecule has 0 saturated carbocycles. The minimum atomic E-state index is -1.65. The molecule has 0 unspecified atom stereocenters. The molecule has 0 aliphatic rings. The molecular weight excluding hydrogens is 294 g/mol. The summed E-state index contributed by atoms with van der Waals surface area (Å²) in [6.07, 6.45) is 0. The largest absolute Gasteiger partial charge is 0.497 e. The molecule has 0 spiro atoms. The van der Waals surface area contributed by atoms with Crippen molar-refractivity contribution in [1.82, 2.24) is 0 Å². The monoisotopic (exact) mass is 315 g/mol. The van der Waals surface area contributed by atoms with E-state index in [1.165, 1.54) is 6.92 Å². The van der Waals surface area contributed by atoms with Crippen molar-refractivity contribution in [1.29, 1.82) is 0 Å². The van der Waals surface area contributed by atoms with E-state index in [-0.39, 0.29) is 6.61 Å². The number of methoxy groups -OCH3 is 1. The standard InChI is InChI=1S/C18H21NO4/c1-13-4-6-14(7-5-13)19-17(20)18(2,21)12-23-16-10-8-15(22-3)9-11-16/h4-11,21H,12H2,1-3H3,(H,19,20)/t18-/m0/s1. The summed E-state index contributed by atoms with van der Waals surface area (Å²) in [4.78, 5) is 12.2. The highest BCUT2D eigenvalue weighted by molar-refractivity contribution is 5.96. The fraction of sp³-hybridized carbons (Fsp3) is 0.278. The van der Waals surface area contributed by atoms with Crippen molar-refractivity contribution >= 4 is 11.6 Å². The summed E-state index contributed by atoms with van der Waals surface area (Å²) in [5.41, 5.74) is 0.0769. The van der Waals surface area contributed by atoms with Crippen molar-refractivity contribution in [2.24, 2.45) is 0 Å². The highest BCUT2D eigenvalue weighted by atomic mass is 16.5. The van der Waals surface area contributed by atoms with Crippen LogP contribution < -0.4 is 14.8 Å². The number of nitrogens with one attached hydrogen (secondary N) is 1. The van der Waals surface area contributed by atoms with Gasteiger partial charge < -0.3 is 19.9 Å². The van der Waals surface area contributed by atoms with Gasteiger partial charge >= 0.3 is 0 Å². The van der Waals surface area contributed by atoms with Crippen LogP contribution in [0.4, 0.5) is 5.69 Å². The lowest BCUT2D eigenvalue weighted by Crippen LogP contribution is -2.45. The van der Waals surface area contributed by atoms with Crippen LogP contribution in [0.2, 0.25) is 0 Å². The number of ether oxygens (including phenoxy) is 2. The summed E-state index contributed by atoms with van der Waals surface area (Å²) in [5.74, 6) is 0.741. The Morgan fingerprint density at radius 1 is 1.09 bits per heavy atom. The van der Waals surface area contributed by atoms with E-state index in [2.05, 4.69) is 5.32 Å². The third-order valence-corrected chi connectivity index (χ3v) is 3.38. The second-order valence-electron chi connectivity index (χ2n) is 5.56. The number of benzene rings is 2. The van der Waals surface area contributed by atoms with Gasteiger partial charge in [-0.2, -0.15) is 0 Å². The van der Waals surface area contributed by atoms with E-state index in [0.29, 0.717) is 17.2 Å². The molecule has 2 rings (SSSR count). The number of rotatable bonds is 6. The Labute approximate surface area is 135 Å². The van der Waals surface area contributed by atoms with Crippen LogP contribution in [0.3, 0.4) is 0 Å². The molecule has 0 fully saturated rings. The normalized spacial score (nSPS) is 13.0. The minimum Gasteiger partial charge on any atom is -0.497 e. The maximum Gasteiger partial charge on any atom is 0.259 e. The van der Waals surface area contributed by atoms with Crippen LogP contribution in [0.5, 0.6) is 11.5 Å². The van der Waals surface area contributed by atoms with Crippen LogP contribution in [-0.2, 0) is 4.79 Å². The van der Waals surface area contributed by atoms with Crippen LogP contribution in [0, 0.1) is 6.92 Å². The average Bonchev–Trinajstić information content (AvgIpc) is 2.55. The van der Waals surface area contributed by atoms with Crippen molar-refractivity contribution in [3.05, 3.63) is 54.1 Å². The van der Waals surface area contributed by atoms with Gasteiger partial charge in [-0.1, -0.05) is 17.7 Å². The molecule has 0 aromatic heterocycles. The Morgan fingerprint density at radius 2 is 1.65 bits per heavy atom. The number of anilines is 1. The molecule has 5 heteroatoms. The van der Waals surface area contributed by atoms with E-state index in [0.717, 1.165) is 5.56 Å². The maximum absolute atomic E-state index is 12.2. The molecule has 2 aromatic rings. The second kappa shape index (κ2) is 7.15. The van der Waals surface area contributed by atoms with Gasteiger partial charge in [0.05, 0.1) is 7.11 Å². The Bertz CT molecular complexity index is 648. The summed E-state index contributed by atoms with van der Waals surface area (Å²) in [6, 6.07) is 14.3. The number of amides is 1. The molecule has 23 heavy (non-hydrogen) atoms. The number of hydrogen-bond acceptors (Lipinski definition) is 4. The van der Waals surface area contributed by atoms with Crippen molar-refractivity contribution in [2.75, 3.05) is 19.0 Å². The Morgan fingerprint density at radius 3 is 2.22 bits per heavy atom. The SMILES string of the molecule is COc1ccc(OC[C@](C)(O)C(=O)Nc2ccc(C)cc2)cc1. The zero-order chi connectivity index (χ0) is 16.9. The van der Waals surface area contributed by atoms with Crippen LogP contribution >= 0.6 is 0 Å². The molecule has 2 aromatic carbocycles. The van der Waals surface area contributed by atoms with Gasteiger partial charge in [0.2, 0.25) is 0 Å². The average molecular weight is 315 g/mol. The summed E-state index contributed by atoms with van der Waals surface area (Å²) in [7, 11) is 1.58. The van der Waals surface area contributed by atoms with Crippen molar-refractivity contribution in [3.63, 3.8) is 0 Å². The molecule has 5 nitrogen and oxygen atoms in total. The summed E-state index contributed by atoms with van der Waals surface area (Å²) in [6.45, 7) is 3.22. The van der Waals surface area contributed by atoms with Crippen LogP contribution in [-0.4, -0.2) is 30.3 Å². The first-order valence-corrected chi connectivity index (χ1v) is 7.28. The maximum atomic E-state index is 12.2. The topological polar surface area (TPSA) is 67.8 Å². The molecule has 0 aliphatic heterocycles. The highest BCUT2D eigenvalue weighted by Gasteiger charge is 2.31. The first kappa shape index (κ1) is 16.8. The lowest BCUT2D eigenvalue weighted by molar-refractivity contribution is -0.135. The molecule has 0 aliphatic carbocycles. The molecule has 1 atom stereocenters. The van der Waals surface area contributed by atoms with Crippen molar-refractivity contribution in [2.45, 2.75) is 19.4 Å². The fourth-order valence-electron chi connectivity index (χ4n) is 1.86. The fourth-order valence-corrected chi connectivity index (χ4v) is 1.86. The number of carbonyl (C=O) groups excluding carboxylic acids is 1. The van der Waals surface area contributed by atoms with E-state index < -0.39 is 11.5 Å². The predicted molar refractivity (Wildman–Crippen MR) is 88.9 cm³/mol. The first-order chi connectivity index (χ1) is 10.9. The zero-order valence-electron chi connectivity index (χ0n) is 13.5. The van der Waals surface area contributed by atoms with Gasteiger partial charge in [0.15, 0.2) is 5.60 Å². The van der Waals surface area contributed by atoms with Gasteiger partial charge in [0.1, 0.15) is 18.1 Å². The predicted octanol–water partition coefficient (Wildman–Crippen LogP) is 2.77. The van der Waals surface area contributed by atoms with E-state index in [4.69, 9.17) is 9.47 Å². The summed E-state index contributed by atoms with van der Waals surface area (Å²) in [5, 5.41) is 13.0. The van der Waals surface area contributed by atoms with Gasteiger partial charge in [-0.05, 0) is 50.2 Å². The lowest BCUT2D eigenvalue weighted by atomic mass is 10.1. The van der Waals surface area contributed by atoms with Gasteiger partial charge in [0.25, 0.3) is 5.91 Å². The summed E-state index contributed by atoms with van der Waals surface area (Å²) < 4.78 is 10.5. The number of aryl methyl sites for hydroxylation is 1. The number of aliphatic hydroxyl groups is 1. The van der Waals surface area contributed by atoms with Crippen LogP contribution in [0.1, 0.15) is 12.5 Å². The lowest BCUT2D eigenvalue weighted by Gasteiger charge is -2.22. The number of carbonyl (C=O) groups is 1. The van der Waals surface area contributed by atoms with Crippen molar-refractivity contribution < 1.29 is 19.4 Å². The van der Waals surface area contributed by atoms with Gasteiger partial charge in [0, 0.05) is 5.69 Å². The molecular formula is C18H21NO4. The second-order valence-corrected chi connectivity index (χ2v) is 5.56. The Balaban J connectivity index is 1.93. The molecule has 0 bridgehead atoms. The Kier molecular flexibility index (Phi) is 5.24. The third kappa shape index (κ3) is 4.72. The van der Waals surface area contributed by atoms with Gasteiger partial charge in [-0.25, -0.2) is 0 Å². The molecule has 0 heterocycles. The van der Waals surface area contributed by atoms with E-state index >= 15 is 0 Å². The smallest absolute Gasteiger partial charge is 0.259 e.